The second-order valence-corrected chi connectivity index (χ2v) is 5.51. The Morgan fingerprint density at radius 2 is 2.04 bits per heavy atom. The molecule has 1 fully saturated rings. The van der Waals surface area contributed by atoms with Crippen LogP contribution in [0.1, 0.15) is 36.2 Å². The Hall–Kier alpha value is -2.09. The van der Waals surface area contributed by atoms with Gasteiger partial charge in [0.05, 0.1) is 5.56 Å². The van der Waals surface area contributed by atoms with Gasteiger partial charge in [-0.15, -0.1) is 0 Å². The predicted octanol–water partition coefficient (Wildman–Crippen LogP) is 2.72. The molecule has 0 aliphatic carbocycles. The summed E-state index contributed by atoms with van der Waals surface area (Å²) in [5.74, 6) is -2.35. The number of hydrogen-bond donors (Lipinski definition) is 1. The minimum Gasteiger partial charge on any atom is -0.372 e. The van der Waals surface area contributed by atoms with Crippen molar-refractivity contribution in [1.29, 1.82) is 0 Å². The minimum absolute atomic E-state index is 0.0379. The maximum Gasteiger partial charge on any atom is 0.418 e. The van der Waals surface area contributed by atoms with Gasteiger partial charge in [-0.2, -0.15) is 0 Å². The SMILES string of the molecule is CC1CN(C(=O)OC(=O)c2ccc(C(F)F)cc2F)C(C)CN1. The molecular formula is C15H17F3N2O3. The zero-order valence-corrected chi connectivity index (χ0v) is 12.7. The summed E-state index contributed by atoms with van der Waals surface area (Å²) in [5, 5.41) is 3.16. The number of nitrogens with one attached hydrogen (secondary N) is 1. The highest BCUT2D eigenvalue weighted by molar-refractivity contribution is 5.96. The number of piperazine rings is 1. The normalized spacial score (nSPS) is 21.4. The lowest BCUT2D eigenvalue weighted by Gasteiger charge is -2.36. The number of halogens is 3. The number of benzene rings is 1. The van der Waals surface area contributed by atoms with Crippen LogP contribution in [0.25, 0.3) is 0 Å². The number of amides is 1. The molecule has 2 atom stereocenters. The lowest BCUT2D eigenvalue weighted by Crippen LogP contribution is -2.56. The van der Waals surface area contributed by atoms with Crippen molar-refractivity contribution in [2.24, 2.45) is 0 Å². The Morgan fingerprint density at radius 3 is 2.65 bits per heavy atom. The first-order chi connectivity index (χ1) is 10.8. The van der Waals surface area contributed by atoms with Gasteiger partial charge in [-0.25, -0.2) is 22.8 Å². The largest absolute Gasteiger partial charge is 0.418 e. The first-order valence-electron chi connectivity index (χ1n) is 7.13. The number of hydrogen-bond acceptors (Lipinski definition) is 4. The van der Waals surface area contributed by atoms with Gasteiger partial charge in [0.2, 0.25) is 0 Å². The van der Waals surface area contributed by atoms with E-state index in [4.69, 9.17) is 0 Å². The van der Waals surface area contributed by atoms with Gasteiger partial charge in [0.1, 0.15) is 5.82 Å². The maximum atomic E-state index is 13.7. The van der Waals surface area contributed by atoms with E-state index in [1.807, 2.05) is 6.92 Å². The van der Waals surface area contributed by atoms with Crippen LogP contribution in [0.15, 0.2) is 18.2 Å². The Kier molecular flexibility index (Phi) is 5.25. The molecule has 0 bridgehead atoms. The zero-order valence-electron chi connectivity index (χ0n) is 12.7. The molecule has 1 aliphatic heterocycles. The van der Waals surface area contributed by atoms with Crippen LogP contribution in [0.3, 0.4) is 0 Å². The fourth-order valence-electron chi connectivity index (χ4n) is 2.30. The van der Waals surface area contributed by atoms with Crippen LogP contribution in [-0.4, -0.2) is 42.1 Å². The fourth-order valence-corrected chi connectivity index (χ4v) is 2.30. The first-order valence-corrected chi connectivity index (χ1v) is 7.13. The summed E-state index contributed by atoms with van der Waals surface area (Å²) in [4.78, 5) is 25.3. The van der Waals surface area contributed by atoms with E-state index < -0.39 is 35.4 Å². The van der Waals surface area contributed by atoms with Gasteiger partial charge in [0, 0.05) is 30.7 Å². The molecule has 126 valence electrons. The molecule has 1 aromatic rings. The molecule has 1 N–H and O–H groups in total. The summed E-state index contributed by atoms with van der Waals surface area (Å²) >= 11 is 0. The lowest BCUT2D eigenvalue weighted by atomic mass is 10.1. The average Bonchev–Trinajstić information content (AvgIpc) is 2.49. The first kappa shape index (κ1) is 17.3. The quantitative estimate of drug-likeness (QED) is 0.669. The highest BCUT2D eigenvalue weighted by Crippen LogP contribution is 2.22. The second-order valence-electron chi connectivity index (χ2n) is 5.51. The van der Waals surface area contributed by atoms with E-state index in [9.17, 15) is 22.8 Å². The van der Waals surface area contributed by atoms with E-state index in [0.717, 1.165) is 12.1 Å². The van der Waals surface area contributed by atoms with Crippen LogP contribution in [0, 0.1) is 5.82 Å². The average molecular weight is 330 g/mol. The molecule has 8 heteroatoms. The van der Waals surface area contributed by atoms with E-state index in [0.29, 0.717) is 19.2 Å². The van der Waals surface area contributed by atoms with Gasteiger partial charge < -0.3 is 15.0 Å². The molecule has 0 saturated carbocycles. The van der Waals surface area contributed by atoms with Gasteiger partial charge in [-0.3, -0.25) is 0 Å². The number of nitrogens with zero attached hydrogens (tertiary/aromatic N) is 1. The van der Waals surface area contributed by atoms with E-state index in [-0.39, 0.29) is 12.1 Å². The van der Waals surface area contributed by atoms with Crippen molar-refractivity contribution in [2.75, 3.05) is 13.1 Å². The maximum absolute atomic E-state index is 13.7. The monoisotopic (exact) mass is 330 g/mol. The van der Waals surface area contributed by atoms with E-state index >= 15 is 0 Å². The number of carbonyl (C=O) groups excluding carboxylic acids is 2. The summed E-state index contributed by atoms with van der Waals surface area (Å²) in [6.07, 6.45) is -3.73. The molecule has 1 aliphatic rings. The Bertz CT molecular complexity index is 610. The minimum atomic E-state index is -2.85. The van der Waals surface area contributed by atoms with Gasteiger partial charge in [-0.1, -0.05) is 6.07 Å². The van der Waals surface area contributed by atoms with Crippen LogP contribution in [0.5, 0.6) is 0 Å². The topological polar surface area (TPSA) is 58.6 Å². The summed E-state index contributed by atoms with van der Waals surface area (Å²) in [5.41, 5.74) is -1.10. The van der Waals surface area contributed by atoms with E-state index in [1.54, 1.807) is 6.92 Å². The van der Waals surface area contributed by atoms with Crippen molar-refractivity contribution >= 4 is 12.1 Å². The molecule has 0 spiro atoms. The summed E-state index contributed by atoms with van der Waals surface area (Å²) in [7, 11) is 0. The van der Waals surface area contributed by atoms with Crippen molar-refractivity contribution in [3.05, 3.63) is 35.1 Å². The fraction of sp³-hybridized carbons (Fsp3) is 0.467. The third-order valence-electron chi connectivity index (χ3n) is 3.64. The number of alkyl halides is 2. The van der Waals surface area contributed by atoms with Crippen LogP contribution in [-0.2, 0) is 4.74 Å². The van der Waals surface area contributed by atoms with Crippen molar-refractivity contribution < 1.29 is 27.5 Å². The Balaban J connectivity index is 2.08. The molecule has 1 aromatic carbocycles. The molecule has 0 aromatic heterocycles. The highest BCUT2D eigenvalue weighted by atomic mass is 19.3. The van der Waals surface area contributed by atoms with Crippen molar-refractivity contribution in [3.63, 3.8) is 0 Å². The van der Waals surface area contributed by atoms with Gasteiger partial charge >= 0.3 is 12.1 Å². The molecular weight excluding hydrogens is 313 g/mol. The molecule has 2 unspecified atom stereocenters. The van der Waals surface area contributed by atoms with Gasteiger partial charge in [0.15, 0.2) is 0 Å². The Morgan fingerprint density at radius 1 is 1.35 bits per heavy atom. The molecule has 0 radical (unpaired) electrons. The van der Waals surface area contributed by atoms with E-state index in [2.05, 4.69) is 10.1 Å². The smallest absolute Gasteiger partial charge is 0.372 e. The van der Waals surface area contributed by atoms with E-state index in [1.165, 1.54) is 4.90 Å². The molecule has 1 heterocycles. The molecule has 23 heavy (non-hydrogen) atoms. The van der Waals surface area contributed by atoms with Gasteiger partial charge in [0.25, 0.3) is 6.43 Å². The predicted molar refractivity (Wildman–Crippen MR) is 75.8 cm³/mol. The Labute approximate surface area is 131 Å². The molecule has 1 amide bonds. The van der Waals surface area contributed by atoms with Crippen LogP contribution in [0.2, 0.25) is 0 Å². The molecule has 1 saturated heterocycles. The molecule has 5 nitrogen and oxygen atoms in total. The van der Waals surface area contributed by atoms with Crippen LogP contribution in [0.4, 0.5) is 18.0 Å². The number of rotatable bonds is 2. The third-order valence-corrected chi connectivity index (χ3v) is 3.64. The summed E-state index contributed by atoms with van der Waals surface area (Å²) in [6, 6.07) is 2.22. The zero-order chi connectivity index (χ0) is 17.1. The lowest BCUT2D eigenvalue weighted by molar-refractivity contribution is 0.0464. The van der Waals surface area contributed by atoms with Crippen molar-refractivity contribution in [2.45, 2.75) is 32.4 Å². The summed E-state index contributed by atoms with van der Waals surface area (Å²) < 4.78 is 43.3. The highest BCUT2D eigenvalue weighted by Gasteiger charge is 2.30. The molecule has 2 rings (SSSR count). The van der Waals surface area contributed by atoms with Crippen molar-refractivity contribution in [1.82, 2.24) is 10.2 Å². The third kappa shape index (κ3) is 4.01. The number of carbonyl (C=O) groups is 2. The van der Waals surface area contributed by atoms with Crippen molar-refractivity contribution in [3.8, 4) is 0 Å². The number of esters is 1. The summed E-state index contributed by atoms with van der Waals surface area (Å²) in [6.45, 7) is 4.54. The second kappa shape index (κ2) is 6.99. The standard InChI is InChI=1S/C15H17F3N2O3/c1-8-7-20(9(2)6-19-8)15(22)23-14(21)11-4-3-10(13(17)18)5-12(11)16/h3-5,8-9,13,19H,6-7H2,1-2H3. The van der Waals surface area contributed by atoms with Crippen LogP contribution < -0.4 is 5.32 Å². The van der Waals surface area contributed by atoms with Crippen LogP contribution >= 0.6 is 0 Å². The number of ether oxygens (including phenoxy) is 1. The van der Waals surface area contributed by atoms with Gasteiger partial charge in [-0.05, 0) is 26.0 Å².